The summed E-state index contributed by atoms with van der Waals surface area (Å²) in [4.78, 5) is 12.8. The van der Waals surface area contributed by atoms with Crippen LogP contribution in [0, 0.1) is 13.8 Å². The third-order valence-corrected chi connectivity index (χ3v) is 4.16. The van der Waals surface area contributed by atoms with Crippen LogP contribution >= 0.6 is 12.2 Å². The van der Waals surface area contributed by atoms with Gasteiger partial charge in [0.25, 0.3) is 5.91 Å². The first-order valence-corrected chi connectivity index (χ1v) is 6.82. The van der Waals surface area contributed by atoms with Crippen molar-refractivity contribution in [1.29, 1.82) is 0 Å². The predicted octanol–water partition coefficient (Wildman–Crippen LogP) is 1.61. The summed E-state index contributed by atoms with van der Waals surface area (Å²) in [7, 11) is 1.82. The number of hydrogen-bond acceptors (Lipinski definition) is 3. The predicted molar refractivity (Wildman–Crippen MR) is 80.2 cm³/mol. The molecule has 0 atom stereocenters. The van der Waals surface area contributed by atoms with Crippen molar-refractivity contribution in [2.24, 2.45) is 12.8 Å². The van der Waals surface area contributed by atoms with Gasteiger partial charge in [0, 0.05) is 12.7 Å². The second kappa shape index (κ2) is 5.69. The van der Waals surface area contributed by atoms with Crippen molar-refractivity contribution in [2.75, 3.05) is 0 Å². The molecule has 19 heavy (non-hydrogen) atoms. The van der Waals surface area contributed by atoms with Crippen LogP contribution in [-0.2, 0) is 7.05 Å². The molecule has 1 rings (SSSR count). The lowest BCUT2D eigenvalue weighted by Crippen LogP contribution is -2.56. The first kappa shape index (κ1) is 15.6. The smallest absolute Gasteiger partial charge is 0.255 e. The minimum atomic E-state index is -0.624. The molecule has 0 aliphatic carbocycles. The van der Waals surface area contributed by atoms with Crippen molar-refractivity contribution in [3.05, 3.63) is 17.0 Å². The van der Waals surface area contributed by atoms with Gasteiger partial charge in [0.05, 0.1) is 21.8 Å². The summed E-state index contributed by atoms with van der Waals surface area (Å²) in [5.41, 5.74) is 7.32. The lowest BCUT2D eigenvalue weighted by molar-refractivity contribution is 0.0918. The molecule has 0 aliphatic rings. The molecule has 5 nitrogen and oxygen atoms in total. The van der Waals surface area contributed by atoms with Crippen molar-refractivity contribution in [1.82, 2.24) is 15.1 Å². The highest BCUT2D eigenvalue weighted by Gasteiger charge is 2.33. The van der Waals surface area contributed by atoms with E-state index < -0.39 is 5.54 Å². The summed E-state index contributed by atoms with van der Waals surface area (Å²) < 4.78 is 1.70. The summed E-state index contributed by atoms with van der Waals surface area (Å²) in [6.45, 7) is 7.62. The minimum Gasteiger partial charge on any atom is -0.391 e. The molecule has 6 heteroatoms. The number of nitrogens with one attached hydrogen (secondary N) is 1. The highest BCUT2D eigenvalue weighted by Crippen LogP contribution is 2.19. The van der Waals surface area contributed by atoms with E-state index >= 15 is 0 Å². The van der Waals surface area contributed by atoms with Crippen LogP contribution in [0.25, 0.3) is 0 Å². The molecule has 0 radical (unpaired) electrons. The van der Waals surface area contributed by atoms with Gasteiger partial charge in [0.1, 0.15) is 0 Å². The third-order valence-electron chi connectivity index (χ3n) is 3.77. The van der Waals surface area contributed by atoms with Gasteiger partial charge in [-0.2, -0.15) is 5.10 Å². The quantitative estimate of drug-likeness (QED) is 0.805. The molecule has 0 spiro atoms. The van der Waals surface area contributed by atoms with Gasteiger partial charge in [-0.05, 0) is 26.7 Å². The maximum atomic E-state index is 12.5. The number of rotatable bonds is 5. The Bertz CT molecular complexity index is 503. The molecule has 0 fully saturated rings. The average molecular weight is 282 g/mol. The number of carbonyl (C=O) groups excluding carboxylic acids is 1. The van der Waals surface area contributed by atoms with E-state index in [9.17, 15) is 4.79 Å². The van der Waals surface area contributed by atoms with Gasteiger partial charge in [-0.15, -0.1) is 0 Å². The Hall–Kier alpha value is -1.43. The maximum Gasteiger partial charge on any atom is 0.255 e. The zero-order chi connectivity index (χ0) is 14.8. The normalized spacial score (nSPS) is 11.4. The van der Waals surface area contributed by atoms with Crippen molar-refractivity contribution in [3.63, 3.8) is 0 Å². The van der Waals surface area contributed by atoms with Crippen LogP contribution in [0.15, 0.2) is 0 Å². The third kappa shape index (κ3) is 2.78. The molecule has 0 bridgehead atoms. The van der Waals surface area contributed by atoms with Gasteiger partial charge in [-0.25, -0.2) is 0 Å². The number of hydrogen-bond donors (Lipinski definition) is 2. The van der Waals surface area contributed by atoms with E-state index in [0.717, 1.165) is 5.69 Å². The maximum absolute atomic E-state index is 12.5. The number of amides is 1. The van der Waals surface area contributed by atoms with E-state index in [-0.39, 0.29) is 5.91 Å². The molecule has 106 valence electrons. The lowest BCUT2D eigenvalue weighted by Gasteiger charge is -2.31. The van der Waals surface area contributed by atoms with Gasteiger partial charge in [0.2, 0.25) is 0 Å². The Labute approximate surface area is 119 Å². The average Bonchev–Trinajstić information content (AvgIpc) is 2.60. The summed E-state index contributed by atoms with van der Waals surface area (Å²) in [6.07, 6.45) is 1.34. The molecule has 1 aromatic rings. The molecule has 0 aliphatic heterocycles. The van der Waals surface area contributed by atoms with Gasteiger partial charge in [-0.1, -0.05) is 26.1 Å². The van der Waals surface area contributed by atoms with Crippen molar-refractivity contribution in [2.45, 2.75) is 46.1 Å². The summed E-state index contributed by atoms with van der Waals surface area (Å²) in [5, 5.41) is 7.23. The number of thiocarbonyl (C=S) groups is 1. The second-order valence-corrected chi connectivity index (χ2v) is 5.22. The van der Waals surface area contributed by atoms with E-state index in [0.29, 0.717) is 29.1 Å². The monoisotopic (exact) mass is 282 g/mol. The fourth-order valence-electron chi connectivity index (χ4n) is 2.22. The summed E-state index contributed by atoms with van der Waals surface area (Å²) in [5.74, 6) is -0.167. The van der Waals surface area contributed by atoms with Gasteiger partial charge < -0.3 is 11.1 Å². The molecular weight excluding hydrogens is 260 g/mol. The number of aromatic nitrogens is 2. The van der Waals surface area contributed by atoms with Crippen LogP contribution in [0.1, 0.15) is 48.4 Å². The Morgan fingerprint density at radius 2 is 1.95 bits per heavy atom. The van der Waals surface area contributed by atoms with Crippen molar-refractivity contribution in [3.8, 4) is 0 Å². The zero-order valence-corrected chi connectivity index (χ0v) is 13.0. The van der Waals surface area contributed by atoms with Crippen molar-refractivity contribution >= 4 is 23.1 Å². The Morgan fingerprint density at radius 3 is 2.26 bits per heavy atom. The van der Waals surface area contributed by atoms with E-state index in [2.05, 4.69) is 10.4 Å². The summed E-state index contributed by atoms with van der Waals surface area (Å²) >= 11 is 5.11. The van der Waals surface area contributed by atoms with Crippen LogP contribution in [0.4, 0.5) is 0 Å². The minimum absolute atomic E-state index is 0.167. The fraction of sp³-hybridized carbons (Fsp3) is 0.615. The van der Waals surface area contributed by atoms with Crippen LogP contribution in [0.2, 0.25) is 0 Å². The van der Waals surface area contributed by atoms with Crippen LogP contribution < -0.4 is 11.1 Å². The Kier molecular flexibility index (Phi) is 4.68. The topological polar surface area (TPSA) is 72.9 Å². The van der Waals surface area contributed by atoms with Gasteiger partial charge in [0.15, 0.2) is 0 Å². The molecule has 0 saturated heterocycles. The van der Waals surface area contributed by atoms with E-state index in [4.69, 9.17) is 18.0 Å². The Morgan fingerprint density at radius 1 is 1.42 bits per heavy atom. The van der Waals surface area contributed by atoms with Crippen LogP contribution in [0.5, 0.6) is 0 Å². The second-order valence-electron chi connectivity index (χ2n) is 4.78. The van der Waals surface area contributed by atoms with Crippen LogP contribution in [-0.4, -0.2) is 26.2 Å². The number of aryl methyl sites for hydroxylation is 2. The molecule has 3 N–H and O–H groups in total. The van der Waals surface area contributed by atoms with Crippen LogP contribution in [0.3, 0.4) is 0 Å². The molecule has 1 heterocycles. The lowest BCUT2D eigenvalue weighted by atomic mass is 9.92. The highest BCUT2D eigenvalue weighted by atomic mass is 32.1. The van der Waals surface area contributed by atoms with Gasteiger partial charge >= 0.3 is 0 Å². The molecule has 0 aromatic carbocycles. The molecule has 0 saturated carbocycles. The standard InChI is InChI=1S/C13H22N4OS/c1-6-13(7-2,12(14)19)15-11(18)10-8(3)16-17(5)9(10)4/h6-7H2,1-5H3,(H2,14,19)(H,15,18). The highest BCUT2D eigenvalue weighted by molar-refractivity contribution is 7.80. The summed E-state index contributed by atoms with van der Waals surface area (Å²) in [6, 6.07) is 0. The number of carbonyl (C=O) groups is 1. The molecule has 1 amide bonds. The first-order chi connectivity index (χ1) is 8.79. The largest absolute Gasteiger partial charge is 0.391 e. The Balaban J connectivity index is 3.11. The number of nitrogens with zero attached hydrogens (tertiary/aromatic N) is 2. The van der Waals surface area contributed by atoms with Crippen molar-refractivity contribution < 1.29 is 4.79 Å². The van der Waals surface area contributed by atoms with E-state index in [1.165, 1.54) is 0 Å². The zero-order valence-electron chi connectivity index (χ0n) is 12.2. The molecule has 0 unspecified atom stereocenters. The van der Waals surface area contributed by atoms with E-state index in [1.807, 2.05) is 34.7 Å². The van der Waals surface area contributed by atoms with E-state index in [1.54, 1.807) is 4.68 Å². The number of nitrogens with two attached hydrogens (primary N) is 1. The fourth-order valence-corrected chi connectivity index (χ4v) is 2.56. The SMILES string of the molecule is CCC(CC)(NC(=O)c1c(C)nn(C)c1C)C(N)=S. The molecule has 1 aromatic heterocycles. The van der Waals surface area contributed by atoms with Gasteiger partial charge in [-0.3, -0.25) is 9.48 Å². The first-order valence-electron chi connectivity index (χ1n) is 6.41. The molecular formula is C13H22N4OS.